The van der Waals surface area contributed by atoms with Crippen molar-refractivity contribution in [2.75, 3.05) is 24.2 Å². The monoisotopic (exact) mass is 256 g/mol. The van der Waals surface area contributed by atoms with E-state index in [0.717, 1.165) is 23.7 Å². The molecule has 0 bridgehead atoms. The summed E-state index contributed by atoms with van der Waals surface area (Å²) in [6.07, 6.45) is 0. The Bertz CT molecular complexity index is 552. The molecule has 0 aliphatic carbocycles. The van der Waals surface area contributed by atoms with Crippen LogP contribution in [0.3, 0.4) is 0 Å². The lowest BCUT2D eigenvalue weighted by Gasteiger charge is -2.10. The summed E-state index contributed by atoms with van der Waals surface area (Å²) in [5.41, 5.74) is 10.1. The number of nitrogen functional groups attached to an aromatic ring is 1. The third kappa shape index (κ3) is 3.91. The molecule has 0 spiro atoms. The molecule has 0 saturated heterocycles. The summed E-state index contributed by atoms with van der Waals surface area (Å²) >= 11 is 0. The van der Waals surface area contributed by atoms with Crippen LogP contribution < -0.4 is 15.8 Å². The summed E-state index contributed by atoms with van der Waals surface area (Å²) in [7, 11) is 0. The van der Waals surface area contributed by atoms with E-state index >= 15 is 0 Å². The van der Waals surface area contributed by atoms with Crippen molar-refractivity contribution in [2.24, 2.45) is 0 Å². The van der Waals surface area contributed by atoms with Gasteiger partial charge >= 0.3 is 0 Å². The molecule has 0 fully saturated rings. The highest BCUT2D eigenvalue weighted by Gasteiger charge is 1.97. The molecule has 2 aromatic rings. The molecule has 0 aromatic heterocycles. The molecule has 0 aliphatic rings. The first-order chi connectivity index (χ1) is 9.15. The standard InChI is InChI=1S/C16H20N2O/c1-12-6-7-15(10-13(12)2)18-8-9-19-16-5-3-4-14(17)11-16/h3-7,10-11,18H,8-9,17H2,1-2H3. The van der Waals surface area contributed by atoms with E-state index in [1.165, 1.54) is 11.1 Å². The number of ether oxygens (including phenoxy) is 1. The van der Waals surface area contributed by atoms with Crippen LogP contribution in [0.1, 0.15) is 11.1 Å². The fourth-order valence-corrected chi connectivity index (χ4v) is 1.82. The Morgan fingerprint density at radius 1 is 1.05 bits per heavy atom. The normalized spacial score (nSPS) is 10.2. The number of benzene rings is 2. The van der Waals surface area contributed by atoms with Gasteiger partial charge < -0.3 is 15.8 Å². The number of aryl methyl sites for hydroxylation is 2. The van der Waals surface area contributed by atoms with Gasteiger partial charge in [-0.1, -0.05) is 12.1 Å². The molecule has 3 heteroatoms. The van der Waals surface area contributed by atoms with E-state index in [4.69, 9.17) is 10.5 Å². The average Bonchev–Trinajstić information content (AvgIpc) is 2.39. The molecule has 19 heavy (non-hydrogen) atoms. The molecule has 100 valence electrons. The zero-order chi connectivity index (χ0) is 13.7. The van der Waals surface area contributed by atoms with Crippen LogP contribution in [-0.2, 0) is 0 Å². The average molecular weight is 256 g/mol. The van der Waals surface area contributed by atoms with Gasteiger partial charge in [-0.15, -0.1) is 0 Å². The summed E-state index contributed by atoms with van der Waals surface area (Å²) in [5, 5.41) is 3.34. The fourth-order valence-electron chi connectivity index (χ4n) is 1.82. The van der Waals surface area contributed by atoms with Crippen molar-refractivity contribution in [3.05, 3.63) is 53.6 Å². The topological polar surface area (TPSA) is 47.3 Å². The number of hydrogen-bond donors (Lipinski definition) is 2. The van der Waals surface area contributed by atoms with Crippen molar-refractivity contribution in [3.8, 4) is 5.75 Å². The van der Waals surface area contributed by atoms with E-state index in [0.29, 0.717) is 6.61 Å². The summed E-state index contributed by atoms with van der Waals surface area (Å²) in [5.74, 6) is 0.807. The molecule has 0 heterocycles. The first-order valence-corrected chi connectivity index (χ1v) is 6.44. The van der Waals surface area contributed by atoms with Crippen LogP contribution >= 0.6 is 0 Å². The molecule has 0 radical (unpaired) electrons. The third-order valence-electron chi connectivity index (χ3n) is 3.06. The van der Waals surface area contributed by atoms with Gasteiger partial charge in [0.15, 0.2) is 0 Å². The highest BCUT2D eigenvalue weighted by atomic mass is 16.5. The van der Waals surface area contributed by atoms with Crippen LogP contribution in [0, 0.1) is 13.8 Å². The predicted octanol–water partition coefficient (Wildman–Crippen LogP) is 3.38. The quantitative estimate of drug-likeness (QED) is 0.637. The van der Waals surface area contributed by atoms with Crippen LogP contribution in [0.2, 0.25) is 0 Å². The van der Waals surface area contributed by atoms with Crippen molar-refractivity contribution in [1.82, 2.24) is 0 Å². The Balaban J connectivity index is 1.79. The minimum Gasteiger partial charge on any atom is -0.492 e. The maximum absolute atomic E-state index is 5.69. The van der Waals surface area contributed by atoms with E-state index < -0.39 is 0 Å². The SMILES string of the molecule is Cc1ccc(NCCOc2cccc(N)c2)cc1C. The van der Waals surface area contributed by atoms with Gasteiger partial charge in [0.05, 0.1) is 0 Å². The molecule has 0 aliphatic heterocycles. The summed E-state index contributed by atoms with van der Waals surface area (Å²) in [6.45, 7) is 5.60. The van der Waals surface area contributed by atoms with Gasteiger partial charge in [-0.25, -0.2) is 0 Å². The van der Waals surface area contributed by atoms with Crippen LogP contribution in [0.15, 0.2) is 42.5 Å². The zero-order valence-corrected chi connectivity index (χ0v) is 11.4. The summed E-state index contributed by atoms with van der Waals surface area (Å²) in [6, 6.07) is 13.8. The molecule has 0 saturated carbocycles. The Hall–Kier alpha value is -2.16. The first-order valence-electron chi connectivity index (χ1n) is 6.44. The van der Waals surface area contributed by atoms with Gasteiger partial charge in [0.25, 0.3) is 0 Å². The first kappa shape index (κ1) is 13.3. The minimum absolute atomic E-state index is 0.608. The van der Waals surface area contributed by atoms with Crippen molar-refractivity contribution >= 4 is 11.4 Å². The Morgan fingerprint density at radius 3 is 2.63 bits per heavy atom. The van der Waals surface area contributed by atoms with E-state index in [-0.39, 0.29) is 0 Å². The third-order valence-corrected chi connectivity index (χ3v) is 3.06. The van der Waals surface area contributed by atoms with Gasteiger partial charge in [-0.2, -0.15) is 0 Å². The molecular formula is C16H20N2O. The lowest BCUT2D eigenvalue weighted by atomic mass is 10.1. The Kier molecular flexibility index (Phi) is 4.29. The van der Waals surface area contributed by atoms with E-state index in [9.17, 15) is 0 Å². The van der Waals surface area contributed by atoms with E-state index in [2.05, 4.69) is 37.4 Å². The van der Waals surface area contributed by atoms with Crippen LogP contribution in [-0.4, -0.2) is 13.2 Å². The second kappa shape index (κ2) is 6.14. The van der Waals surface area contributed by atoms with Crippen molar-refractivity contribution in [1.29, 1.82) is 0 Å². The fraction of sp³-hybridized carbons (Fsp3) is 0.250. The number of hydrogen-bond acceptors (Lipinski definition) is 3. The number of nitrogens with one attached hydrogen (secondary N) is 1. The lowest BCUT2D eigenvalue weighted by molar-refractivity contribution is 0.333. The Labute approximate surface area is 114 Å². The number of rotatable bonds is 5. The smallest absolute Gasteiger partial charge is 0.121 e. The van der Waals surface area contributed by atoms with Crippen molar-refractivity contribution < 1.29 is 4.74 Å². The van der Waals surface area contributed by atoms with Crippen molar-refractivity contribution in [3.63, 3.8) is 0 Å². The predicted molar refractivity (Wildman–Crippen MR) is 80.8 cm³/mol. The van der Waals surface area contributed by atoms with Gasteiger partial charge in [0.2, 0.25) is 0 Å². The van der Waals surface area contributed by atoms with Crippen LogP contribution in [0.25, 0.3) is 0 Å². The molecule has 0 atom stereocenters. The second-order valence-corrected chi connectivity index (χ2v) is 4.65. The van der Waals surface area contributed by atoms with Gasteiger partial charge in [-0.05, 0) is 49.2 Å². The molecule has 2 aromatic carbocycles. The maximum atomic E-state index is 5.69. The zero-order valence-electron chi connectivity index (χ0n) is 11.4. The van der Waals surface area contributed by atoms with Crippen molar-refractivity contribution in [2.45, 2.75) is 13.8 Å². The molecule has 0 amide bonds. The maximum Gasteiger partial charge on any atom is 0.121 e. The lowest BCUT2D eigenvalue weighted by Crippen LogP contribution is -2.11. The molecule has 3 nitrogen and oxygen atoms in total. The van der Waals surface area contributed by atoms with E-state index in [1.807, 2.05) is 24.3 Å². The highest BCUT2D eigenvalue weighted by molar-refractivity contribution is 5.48. The second-order valence-electron chi connectivity index (χ2n) is 4.65. The van der Waals surface area contributed by atoms with Gasteiger partial charge in [0.1, 0.15) is 12.4 Å². The Morgan fingerprint density at radius 2 is 1.89 bits per heavy atom. The number of anilines is 2. The highest BCUT2D eigenvalue weighted by Crippen LogP contribution is 2.15. The van der Waals surface area contributed by atoms with Crippen LogP contribution in [0.4, 0.5) is 11.4 Å². The minimum atomic E-state index is 0.608. The number of nitrogens with two attached hydrogens (primary N) is 1. The molecular weight excluding hydrogens is 236 g/mol. The largest absolute Gasteiger partial charge is 0.492 e. The van der Waals surface area contributed by atoms with Crippen LogP contribution in [0.5, 0.6) is 5.75 Å². The van der Waals surface area contributed by atoms with Gasteiger partial charge in [0, 0.05) is 24.0 Å². The molecule has 3 N–H and O–H groups in total. The molecule has 2 rings (SSSR count). The molecule has 0 unspecified atom stereocenters. The van der Waals surface area contributed by atoms with E-state index in [1.54, 1.807) is 0 Å². The summed E-state index contributed by atoms with van der Waals surface area (Å²) < 4.78 is 5.62. The van der Waals surface area contributed by atoms with Gasteiger partial charge in [-0.3, -0.25) is 0 Å². The summed E-state index contributed by atoms with van der Waals surface area (Å²) in [4.78, 5) is 0.